The van der Waals surface area contributed by atoms with Gasteiger partial charge in [-0.15, -0.1) is 0 Å². The zero-order valence-corrected chi connectivity index (χ0v) is 14.0. The van der Waals surface area contributed by atoms with Crippen molar-refractivity contribution in [3.05, 3.63) is 23.3 Å². The van der Waals surface area contributed by atoms with Gasteiger partial charge in [0.1, 0.15) is 4.90 Å². The average Bonchev–Trinajstić information content (AvgIpc) is 2.38. The van der Waals surface area contributed by atoms with Crippen molar-refractivity contribution < 1.29 is 8.42 Å². The van der Waals surface area contributed by atoms with Crippen LogP contribution in [0.1, 0.15) is 30.4 Å². The fraction of sp³-hybridized carbons (Fsp3) is 0.571. The van der Waals surface area contributed by atoms with E-state index in [0.717, 1.165) is 36.1 Å². The molecule has 114 valence electrons. The Morgan fingerprint density at radius 1 is 1.20 bits per heavy atom. The third kappa shape index (κ3) is 4.68. The van der Waals surface area contributed by atoms with Crippen LogP contribution in [-0.4, -0.2) is 27.0 Å². The maximum atomic E-state index is 12.3. The molecule has 0 amide bonds. The van der Waals surface area contributed by atoms with Crippen LogP contribution in [0.25, 0.3) is 0 Å². The molecule has 1 aromatic rings. The van der Waals surface area contributed by atoms with Gasteiger partial charge < -0.3 is 5.73 Å². The molecule has 6 heteroatoms. The Balaban J connectivity index is 2.68. The maximum Gasteiger partial charge on any atom is 0.242 e. The Labute approximate surface area is 126 Å². The van der Waals surface area contributed by atoms with Crippen molar-refractivity contribution in [3.63, 3.8) is 0 Å². The summed E-state index contributed by atoms with van der Waals surface area (Å²) in [5.41, 5.74) is 7.78. The molecule has 0 radical (unpaired) electrons. The van der Waals surface area contributed by atoms with Crippen molar-refractivity contribution in [2.75, 3.05) is 24.3 Å². The zero-order valence-electron chi connectivity index (χ0n) is 12.4. The minimum Gasteiger partial charge on any atom is -0.398 e. The Morgan fingerprint density at radius 3 is 2.55 bits per heavy atom. The van der Waals surface area contributed by atoms with Crippen LogP contribution < -0.4 is 10.5 Å². The van der Waals surface area contributed by atoms with E-state index >= 15 is 0 Å². The minimum absolute atomic E-state index is 0.224. The lowest BCUT2D eigenvalue weighted by molar-refractivity contribution is 0.576. The Kier molecular flexibility index (Phi) is 6.85. The van der Waals surface area contributed by atoms with Crippen LogP contribution >= 0.6 is 11.8 Å². The summed E-state index contributed by atoms with van der Waals surface area (Å²) in [6, 6.07) is 3.49. The summed E-state index contributed by atoms with van der Waals surface area (Å²) < 4.78 is 27.3. The summed E-state index contributed by atoms with van der Waals surface area (Å²) in [5.74, 6) is 1.12. The SMILES string of the molecule is CSCCCCCNS(=O)(=O)c1c(N)ccc(C)c1C. The monoisotopic (exact) mass is 316 g/mol. The average molecular weight is 316 g/mol. The molecule has 0 aliphatic carbocycles. The molecule has 20 heavy (non-hydrogen) atoms. The second kappa shape index (κ2) is 7.90. The highest BCUT2D eigenvalue weighted by molar-refractivity contribution is 7.98. The molecular formula is C14H24N2O2S2. The van der Waals surface area contributed by atoms with Gasteiger partial charge >= 0.3 is 0 Å². The van der Waals surface area contributed by atoms with Gasteiger partial charge in [0.05, 0.1) is 5.69 Å². The van der Waals surface area contributed by atoms with E-state index < -0.39 is 10.0 Å². The van der Waals surface area contributed by atoms with Gasteiger partial charge in [-0.1, -0.05) is 12.5 Å². The highest BCUT2D eigenvalue weighted by Crippen LogP contribution is 2.24. The molecule has 1 rings (SSSR count). The number of benzene rings is 1. The number of nitrogen functional groups attached to an aromatic ring is 1. The van der Waals surface area contributed by atoms with E-state index in [1.54, 1.807) is 13.0 Å². The van der Waals surface area contributed by atoms with Gasteiger partial charge in [0.15, 0.2) is 0 Å². The van der Waals surface area contributed by atoms with Crippen LogP contribution in [0, 0.1) is 13.8 Å². The topological polar surface area (TPSA) is 72.2 Å². The molecule has 3 N–H and O–H groups in total. The number of thioether (sulfide) groups is 1. The van der Waals surface area contributed by atoms with Crippen LogP contribution in [0.3, 0.4) is 0 Å². The molecule has 0 spiro atoms. The molecule has 0 aliphatic heterocycles. The fourth-order valence-electron chi connectivity index (χ4n) is 1.99. The van der Waals surface area contributed by atoms with E-state index in [4.69, 9.17) is 5.73 Å². The number of hydrogen-bond acceptors (Lipinski definition) is 4. The lowest BCUT2D eigenvalue weighted by Gasteiger charge is -2.13. The van der Waals surface area contributed by atoms with Crippen LogP contribution in [0.2, 0.25) is 0 Å². The number of hydrogen-bond donors (Lipinski definition) is 2. The molecule has 0 aliphatic rings. The van der Waals surface area contributed by atoms with Gasteiger partial charge in [0.25, 0.3) is 0 Å². The predicted molar refractivity (Wildman–Crippen MR) is 87.7 cm³/mol. The number of nitrogens with two attached hydrogens (primary N) is 1. The standard InChI is InChI=1S/C14H24N2O2S2/c1-11-7-8-13(15)14(12(11)2)20(17,18)16-9-5-4-6-10-19-3/h7-8,16H,4-6,9-10,15H2,1-3H3. The molecule has 4 nitrogen and oxygen atoms in total. The molecule has 0 bridgehead atoms. The van der Waals surface area contributed by atoms with Crippen molar-refractivity contribution in [1.29, 1.82) is 0 Å². The van der Waals surface area contributed by atoms with Gasteiger partial charge in [-0.2, -0.15) is 11.8 Å². The highest BCUT2D eigenvalue weighted by Gasteiger charge is 2.20. The predicted octanol–water partition coefficient (Wildman–Crippen LogP) is 2.70. The lowest BCUT2D eigenvalue weighted by Crippen LogP contribution is -2.26. The summed E-state index contributed by atoms with van der Waals surface area (Å²) in [6.45, 7) is 4.14. The first kappa shape index (κ1) is 17.3. The molecule has 0 aromatic heterocycles. The third-order valence-electron chi connectivity index (χ3n) is 3.29. The van der Waals surface area contributed by atoms with Gasteiger partial charge in [0.2, 0.25) is 10.0 Å². The molecular weight excluding hydrogens is 292 g/mol. The molecule has 0 atom stereocenters. The van der Waals surface area contributed by atoms with Crippen LogP contribution in [-0.2, 0) is 10.0 Å². The first-order chi connectivity index (χ1) is 9.40. The maximum absolute atomic E-state index is 12.3. The van der Waals surface area contributed by atoms with E-state index in [0.29, 0.717) is 12.2 Å². The molecule has 0 heterocycles. The van der Waals surface area contributed by atoms with Crippen molar-refractivity contribution in [2.45, 2.75) is 38.0 Å². The van der Waals surface area contributed by atoms with E-state index in [2.05, 4.69) is 11.0 Å². The Morgan fingerprint density at radius 2 is 1.90 bits per heavy atom. The number of sulfonamides is 1. The fourth-order valence-corrected chi connectivity index (χ4v) is 3.99. The van der Waals surface area contributed by atoms with Gasteiger partial charge in [-0.25, -0.2) is 13.1 Å². The second-order valence-electron chi connectivity index (χ2n) is 4.88. The molecule has 0 saturated heterocycles. The number of anilines is 1. The smallest absolute Gasteiger partial charge is 0.242 e. The van der Waals surface area contributed by atoms with Gasteiger partial charge in [-0.3, -0.25) is 0 Å². The first-order valence-corrected chi connectivity index (χ1v) is 9.62. The summed E-state index contributed by atoms with van der Waals surface area (Å²) in [6.07, 6.45) is 5.08. The molecule has 0 saturated carbocycles. The largest absolute Gasteiger partial charge is 0.398 e. The minimum atomic E-state index is -3.52. The Bertz CT molecular complexity index is 542. The van der Waals surface area contributed by atoms with E-state index in [-0.39, 0.29) is 4.90 Å². The number of aryl methyl sites for hydroxylation is 1. The summed E-state index contributed by atoms with van der Waals surface area (Å²) in [4.78, 5) is 0.224. The number of unbranched alkanes of at least 4 members (excludes halogenated alkanes) is 2. The molecule has 0 unspecified atom stereocenters. The second-order valence-corrected chi connectivity index (χ2v) is 7.57. The van der Waals surface area contributed by atoms with Crippen LogP contribution in [0.15, 0.2) is 17.0 Å². The number of nitrogens with one attached hydrogen (secondary N) is 1. The third-order valence-corrected chi connectivity index (χ3v) is 5.65. The molecule has 1 aromatic carbocycles. The van der Waals surface area contributed by atoms with Crippen molar-refractivity contribution in [1.82, 2.24) is 4.72 Å². The summed E-state index contributed by atoms with van der Waals surface area (Å²) in [7, 11) is -3.52. The first-order valence-electron chi connectivity index (χ1n) is 6.74. The van der Waals surface area contributed by atoms with Crippen molar-refractivity contribution >= 4 is 27.5 Å². The van der Waals surface area contributed by atoms with Gasteiger partial charge in [0, 0.05) is 6.54 Å². The van der Waals surface area contributed by atoms with E-state index in [1.807, 2.05) is 24.8 Å². The van der Waals surface area contributed by atoms with Crippen LogP contribution in [0.5, 0.6) is 0 Å². The normalized spacial score (nSPS) is 11.8. The van der Waals surface area contributed by atoms with E-state index in [9.17, 15) is 8.42 Å². The number of rotatable bonds is 8. The Hall–Kier alpha value is -0.720. The summed E-state index contributed by atoms with van der Waals surface area (Å²) in [5, 5.41) is 0. The lowest BCUT2D eigenvalue weighted by atomic mass is 10.1. The van der Waals surface area contributed by atoms with Crippen molar-refractivity contribution in [2.24, 2.45) is 0 Å². The summed E-state index contributed by atoms with van der Waals surface area (Å²) >= 11 is 1.81. The van der Waals surface area contributed by atoms with Crippen LogP contribution in [0.4, 0.5) is 5.69 Å². The highest BCUT2D eigenvalue weighted by atomic mass is 32.2. The van der Waals surface area contributed by atoms with Gasteiger partial charge in [-0.05, 0) is 55.9 Å². The molecule has 0 fully saturated rings. The van der Waals surface area contributed by atoms with E-state index in [1.165, 1.54) is 0 Å². The quantitative estimate of drug-likeness (QED) is 0.571. The van der Waals surface area contributed by atoms with Crippen molar-refractivity contribution in [3.8, 4) is 0 Å². The zero-order chi connectivity index (χ0) is 15.2.